The average molecular weight is 588 g/mol. The Hall–Kier alpha value is -2.64. The molecule has 2 atom stereocenters. The van der Waals surface area contributed by atoms with Gasteiger partial charge in [0.15, 0.2) is 0 Å². The quantitative estimate of drug-likeness (QED) is 0.497. The van der Waals surface area contributed by atoms with Crippen molar-refractivity contribution in [2.45, 2.75) is 29.1 Å². The van der Waals surface area contributed by atoms with Gasteiger partial charge in [-0.3, -0.25) is 14.5 Å². The number of nitrogens with one attached hydrogen (secondary N) is 1. The van der Waals surface area contributed by atoms with E-state index < -0.39 is 35.4 Å². The van der Waals surface area contributed by atoms with Crippen LogP contribution in [0.3, 0.4) is 0 Å². The van der Waals surface area contributed by atoms with Gasteiger partial charge in [0.1, 0.15) is 17.2 Å². The van der Waals surface area contributed by atoms with Gasteiger partial charge in [0.05, 0.1) is 22.6 Å². The molecule has 0 bridgehead atoms. The molecule has 2 aromatic rings. The monoisotopic (exact) mass is 587 g/mol. The first kappa shape index (κ1) is 25.5. The second-order valence-electron chi connectivity index (χ2n) is 7.42. The molecule has 0 radical (unpaired) electrons. The van der Waals surface area contributed by atoms with Gasteiger partial charge >= 0.3 is 6.36 Å². The first-order valence-electron chi connectivity index (χ1n) is 9.99. The van der Waals surface area contributed by atoms with Crippen molar-refractivity contribution in [1.29, 1.82) is 0 Å². The van der Waals surface area contributed by atoms with Crippen LogP contribution < -0.4 is 15.2 Å². The zero-order chi connectivity index (χ0) is 25.3. The maximum absolute atomic E-state index is 12.8. The lowest BCUT2D eigenvalue weighted by Crippen LogP contribution is -2.71. The molecule has 0 unspecified atom stereocenters. The Morgan fingerprint density at radius 2 is 1.94 bits per heavy atom. The summed E-state index contributed by atoms with van der Waals surface area (Å²) < 4.78 is 42.0. The van der Waals surface area contributed by atoms with Gasteiger partial charge in [-0.25, -0.2) is 0 Å². The lowest BCUT2D eigenvalue weighted by molar-refractivity contribution is -0.301. The minimum atomic E-state index is -4.90. The number of carboxylic acid groups (broad SMARTS) is 1. The van der Waals surface area contributed by atoms with Gasteiger partial charge in [-0.15, -0.1) is 24.9 Å². The van der Waals surface area contributed by atoms with E-state index >= 15 is 0 Å². The first-order valence-corrected chi connectivity index (χ1v) is 12.6. The zero-order valence-corrected chi connectivity index (χ0v) is 20.7. The van der Waals surface area contributed by atoms with Crippen LogP contribution in [0.1, 0.15) is 5.56 Å². The van der Waals surface area contributed by atoms with Crippen LogP contribution >= 0.6 is 39.5 Å². The second-order valence-corrected chi connectivity index (χ2v) is 10.5. The minimum Gasteiger partial charge on any atom is -0.543 e. The van der Waals surface area contributed by atoms with Gasteiger partial charge < -0.3 is 20.0 Å². The molecule has 7 nitrogen and oxygen atoms in total. The van der Waals surface area contributed by atoms with Crippen molar-refractivity contribution in [2.24, 2.45) is 0 Å². The molecule has 0 aliphatic carbocycles. The highest BCUT2D eigenvalue weighted by Crippen LogP contribution is 2.46. The predicted octanol–water partition coefficient (Wildman–Crippen LogP) is 3.04. The van der Waals surface area contributed by atoms with Crippen molar-refractivity contribution in [3.63, 3.8) is 0 Å². The summed E-state index contributed by atoms with van der Waals surface area (Å²) in [6.07, 6.45) is -4.84. The molecule has 0 aromatic heterocycles. The Balaban J connectivity index is 1.50. The number of hydrogen-bond donors (Lipinski definition) is 1. The molecule has 0 saturated carbocycles. The van der Waals surface area contributed by atoms with Crippen LogP contribution in [-0.2, 0) is 20.8 Å². The molecule has 1 saturated heterocycles. The lowest BCUT2D eigenvalue weighted by atomic mass is 10.0. The molecule has 2 aromatic carbocycles. The number of alkyl halides is 3. The lowest BCUT2D eigenvalue weighted by Gasteiger charge is -2.50. The topological polar surface area (TPSA) is 98.8 Å². The summed E-state index contributed by atoms with van der Waals surface area (Å²) in [6, 6.07) is 12.0. The number of rotatable bonds is 7. The van der Waals surface area contributed by atoms with Gasteiger partial charge in [-0.1, -0.05) is 42.1 Å². The van der Waals surface area contributed by atoms with Gasteiger partial charge in [0.2, 0.25) is 5.91 Å². The number of carboxylic acids is 1. The number of ether oxygens (including phenoxy) is 1. The summed E-state index contributed by atoms with van der Waals surface area (Å²) in [6.45, 7) is 0. The fourth-order valence-corrected chi connectivity index (χ4v) is 6.38. The van der Waals surface area contributed by atoms with Crippen LogP contribution in [-0.4, -0.2) is 46.2 Å². The van der Waals surface area contributed by atoms with E-state index in [0.717, 1.165) is 28.3 Å². The number of hydrogen-bond acceptors (Lipinski definition) is 7. The number of fused-ring (bicyclic) bond motifs is 1. The largest absolute Gasteiger partial charge is 0.573 e. The summed E-state index contributed by atoms with van der Waals surface area (Å²) in [5, 5.41) is 13.9. The van der Waals surface area contributed by atoms with E-state index in [2.05, 4.69) is 26.0 Å². The normalized spacial score (nSPS) is 19.7. The Labute approximate surface area is 214 Å². The van der Waals surface area contributed by atoms with Crippen LogP contribution in [0.4, 0.5) is 13.2 Å². The van der Waals surface area contributed by atoms with Crippen molar-refractivity contribution >= 4 is 57.2 Å². The maximum atomic E-state index is 12.8. The van der Waals surface area contributed by atoms with Crippen LogP contribution in [0, 0.1) is 0 Å². The SMILES string of the molecule is O=C(Cc1ccccc1)N[C@@H]1C(=O)N2C(C(=O)[O-])=C(Sc3ccc(Br)c(OC(F)(F)F)c3)CS[C@H]12. The molecule has 184 valence electrons. The number of thioether (sulfide) groups is 2. The number of amides is 2. The Morgan fingerprint density at radius 1 is 1.23 bits per heavy atom. The highest BCUT2D eigenvalue weighted by Gasteiger charge is 2.53. The standard InChI is InChI=1S/C22H16BrF3N2O5S2/c23-13-7-6-12(9-14(13)33-22(24,25)26)35-15-10-34-20-17(19(30)28(20)18(15)21(31)32)27-16(29)8-11-4-2-1-3-5-11/h1-7,9,17,20H,8,10H2,(H,27,29)(H,31,32)/p-1/t17-,20-/m1/s1. The Morgan fingerprint density at radius 3 is 2.60 bits per heavy atom. The third kappa shape index (κ3) is 5.78. The van der Waals surface area contributed by atoms with E-state index in [1.54, 1.807) is 24.3 Å². The summed E-state index contributed by atoms with van der Waals surface area (Å²) in [4.78, 5) is 38.6. The fraction of sp³-hybridized carbons (Fsp3) is 0.227. The van der Waals surface area contributed by atoms with Crippen molar-refractivity contribution in [1.82, 2.24) is 10.2 Å². The molecule has 35 heavy (non-hydrogen) atoms. The van der Waals surface area contributed by atoms with Gasteiger partial charge in [0, 0.05) is 15.6 Å². The van der Waals surface area contributed by atoms with Crippen molar-refractivity contribution in [2.75, 3.05) is 5.75 Å². The number of carbonyl (C=O) groups excluding carboxylic acids is 3. The molecule has 4 rings (SSSR count). The third-order valence-electron chi connectivity index (χ3n) is 5.02. The van der Waals surface area contributed by atoms with Crippen molar-refractivity contribution in [3.05, 3.63) is 69.2 Å². The molecule has 13 heteroatoms. The molecule has 2 aliphatic heterocycles. The third-order valence-corrected chi connectivity index (χ3v) is 8.21. The highest BCUT2D eigenvalue weighted by atomic mass is 79.9. The summed E-state index contributed by atoms with van der Waals surface area (Å²) >= 11 is 5.12. The Bertz CT molecular complexity index is 1210. The highest BCUT2D eigenvalue weighted by molar-refractivity contribution is 9.10. The molecule has 0 spiro atoms. The zero-order valence-electron chi connectivity index (χ0n) is 17.5. The van der Waals surface area contributed by atoms with Crippen LogP contribution in [0.2, 0.25) is 0 Å². The molecule has 2 amide bonds. The van der Waals surface area contributed by atoms with Crippen molar-refractivity contribution < 1.29 is 37.4 Å². The van der Waals surface area contributed by atoms with Crippen molar-refractivity contribution in [3.8, 4) is 5.75 Å². The number of halogens is 4. The summed E-state index contributed by atoms with van der Waals surface area (Å²) in [5.41, 5.74) is 0.404. The number of benzene rings is 2. The summed E-state index contributed by atoms with van der Waals surface area (Å²) in [5.74, 6) is -2.90. The van der Waals surface area contributed by atoms with Crippen LogP contribution in [0.15, 0.2) is 68.5 Å². The smallest absolute Gasteiger partial charge is 0.543 e. The van der Waals surface area contributed by atoms with E-state index in [1.807, 2.05) is 6.07 Å². The van der Waals surface area contributed by atoms with Crippen LogP contribution in [0.25, 0.3) is 0 Å². The number of carbonyl (C=O) groups is 3. The second kappa shape index (κ2) is 10.2. The van der Waals surface area contributed by atoms with Gasteiger partial charge in [-0.2, -0.15) is 0 Å². The van der Waals surface area contributed by atoms with E-state index in [0.29, 0.717) is 0 Å². The average Bonchev–Trinajstić information content (AvgIpc) is 2.79. The number of aliphatic carboxylic acids is 1. The molecule has 1 N–H and O–H groups in total. The van der Waals surface area contributed by atoms with Gasteiger partial charge in [-0.05, 0) is 39.7 Å². The minimum absolute atomic E-state index is 0.0676. The van der Waals surface area contributed by atoms with E-state index in [1.165, 1.54) is 23.9 Å². The van der Waals surface area contributed by atoms with Crippen LogP contribution in [0.5, 0.6) is 5.75 Å². The molecular weight excluding hydrogens is 573 g/mol. The fourth-order valence-electron chi connectivity index (χ4n) is 3.56. The van der Waals surface area contributed by atoms with E-state index in [9.17, 15) is 32.7 Å². The van der Waals surface area contributed by atoms with Gasteiger partial charge in [0.25, 0.3) is 5.91 Å². The molecular formula is C22H15BrF3N2O5S2-. The number of nitrogens with zero attached hydrogens (tertiary/aromatic N) is 1. The predicted molar refractivity (Wildman–Crippen MR) is 124 cm³/mol. The van der Waals surface area contributed by atoms with E-state index in [4.69, 9.17) is 0 Å². The molecule has 1 fully saturated rings. The first-order chi connectivity index (χ1) is 16.5. The maximum Gasteiger partial charge on any atom is 0.573 e. The van der Waals surface area contributed by atoms with E-state index in [-0.39, 0.29) is 38.1 Å². The molecule has 2 heterocycles. The number of β-lactam (4-membered cyclic amide) rings is 1. The summed E-state index contributed by atoms with van der Waals surface area (Å²) in [7, 11) is 0. The Kier molecular flexibility index (Phi) is 7.38. The molecule has 2 aliphatic rings.